The van der Waals surface area contributed by atoms with Crippen molar-refractivity contribution in [2.24, 2.45) is 0 Å². The number of nitrogens with zero attached hydrogens (tertiary/aromatic N) is 2. The molecule has 5 nitrogen and oxygen atoms in total. The summed E-state index contributed by atoms with van der Waals surface area (Å²) >= 11 is 0. The first-order chi connectivity index (χ1) is 7.33. The molecule has 0 bridgehead atoms. The zero-order valence-corrected chi connectivity index (χ0v) is 8.10. The van der Waals surface area contributed by atoms with Gasteiger partial charge in [0.2, 0.25) is 0 Å². The average Bonchev–Trinajstić information content (AvgIpc) is 2.30. The van der Waals surface area contributed by atoms with E-state index >= 15 is 0 Å². The maximum absolute atomic E-state index is 11.5. The van der Waals surface area contributed by atoms with E-state index in [0.29, 0.717) is 17.0 Å². The largest absolute Gasteiger partial charge is 0.494 e. The molecule has 2 rings (SSSR count). The predicted octanol–water partition coefficient (Wildman–Crippen LogP) is 0.840. The highest BCUT2D eigenvalue weighted by atomic mass is 16.5. The van der Waals surface area contributed by atoms with Crippen molar-refractivity contribution in [3.05, 3.63) is 41.2 Å². The third-order valence-corrected chi connectivity index (χ3v) is 1.96. The maximum Gasteiger partial charge on any atom is 0.260 e. The fourth-order valence-electron chi connectivity index (χ4n) is 1.27. The summed E-state index contributed by atoms with van der Waals surface area (Å²) in [6.45, 7) is 0. The Labute approximate surface area is 85.8 Å². The number of ether oxygens (including phenoxy) is 1. The van der Waals surface area contributed by atoms with Crippen LogP contribution in [-0.4, -0.2) is 22.1 Å². The molecule has 0 aromatic carbocycles. The van der Waals surface area contributed by atoms with Crippen LogP contribution in [0.1, 0.15) is 0 Å². The predicted molar refractivity (Wildman–Crippen MR) is 54.6 cm³/mol. The van der Waals surface area contributed by atoms with Gasteiger partial charge >= 0.3 is 0 Å². The zero-order valence-electron chi connectivity index (χ0n) is 8.10. The molecule has 5 heteroatoms. The van der Waals surface area contributed by atoms with Crippen LogP contribution in [0, 0.1) is 0 Å². The third kappa shape index (κ3) is 1.71. The second-order valence-electron chi connectivity index (χ2n) is 2.85. The van der Waals surface area contributed by atoms with Gasteiger partial charge in [0.25, 0.3) is 5.56 Å². The highest BCUT2D eigenvalue weighted by Gasteiger charge is 2.09. The number of hydrogen-bond acceptors (Lipinski definition) is 4. The van der Waals surface area contributed by atoms with Crippen molar-refractivity contribution >= 4 is 0 Å². The number of nitrogens with one attached hydrogen (secondary N) is 1. The Morgan fingerprint density at radius 2 is 2.33 bits per heavy atom. The minimum atomic E-state index is -0.234. The number of rotatable bonds is 2. The minimum Gasteiger partial charge on any atom is -0.494 e. The Morgan fingerprint density at radius 1 is 1.47 bits per heavy atom. The molecule has 0 saturated heterocycles. The number of methoxy groups -OCH3 is 1. The van der Waals surface area contributed by atoms with Crippen LogP contribution in [0.5, 0.6) is 5.75 Å². The maximum atomic E-state index is 11.5. The summed E-state index contributed by atoms with van der Waals surface area (Å²) in [5.41, 5.74) is 0.659. The van der Waals surface area contributed by atoms with Gasteiger partial charge < -0.3 is 9.72 Å². The Hall–Kier alpha value is -2.17. The number of H-pyrrole nitrogens is 1. The molecule has 0 radical (unpaired) electrons. The van der Waals surface area contributed by atoms with Crippen molar-refractivity contribution in [2.75, 3.05) is 7.11 Å². The average molecular weight is 203 g/mol. The van der Waals surface area contributed by atoms with E-state index < -0.39 is 0 Å². The van der Waals surface area contributed by atoms with Gasteiger partial charge in [-0.1, -0.05) is 0 Å². The second kappa shape index (κ2) is 3.91. The van der Waals surface area contributed by atoms with Crippen LogP contribution in [0.4, 0.5) is 0 Å². The van der Waals surface area contributed by atoms with Crippen LogP contribution in [-0.2, 0) is 0 Å². The molecule has 0 aliphatic carbocycles. The molecule has 1 N–H and O–H groups in total. The van der Waals surface area contributed by atoms with Gasteiger partial charge in [-0.25, -0.2) is 4.98 Å². The van der Waals surface area contributed by atoms with Crippen molar-refractivity contribution in [3.63, 3.8) is 0 Å². The van der Waals surface area contributed by atoms with Gasteiger partial charge in [0, 0.05) is 12.4 Å². The number of hydrogen-bond donors (Lipinski definition) is 1. The normalized spacial score (nSPS) is 9.93. The van der Waals surface area contributed by atoms with E-state index in [1.54, 1.807) is 18.3 Å². The van der Waals surface area contributed by atoms with Crippen molar-refractivity contribution in [1.82, 2.24) is 15.0 Å². The molecule has 0 fully saturated rings. The van der Waals surface area contributed by atoms with E-state index in [4.69, 9.17) is 4.74 Å². The van der Waals surface area contributed by atoms with Crippen molar-refractivity contribution < 1.29 is 4.74 Å². The van der Waals surface area contributed by atoms with Gasteiger partial charge in [0.15, 0.2) is 0 Å². The highest BCUT2D eigenvalue weighted by molar-refractivity contribution is 5.63. The lowest BCUT2D eigenvalue weighted by Crippen LogP contribution is -2.09. The van der Waals surface area contributed by atoms with Crippen molar-refractivity contribution in [2.45, 2.75) is 0 Å². The monoisotopic (exact) mass is 203 g/mol. The highest BCUT2D eigenvalue weighted by Crippen LogP contribution is 2.23. The first-order valence-corrected chi connectivity index (χ1v) is 4.35. The van der Waals surface area contributed by atoms with Crippen molar-refractivity contribution in [3.8, 4) is 17.0 Å². The standard InChI is InChI=1S/C10H9N3O2/c1-15-8-3-2-4-12-9(8)7-5-11-6-13-10(7)14/h2-6H,1H3,(H,11,13,14). The van der Waals surface area contributed by atoms with Crippen LogP contribution >= 0.6 is 0 Å². The Bertz CT molecular complexity index is 522. The molecule has 0 aliphatic heterocycles. The van der Waals surface area contributed by atoms with E-state index in [2.05, 4.69) is 15.0 Å². The molecular formula is C10H9N3O2. The molecule has 0 unspecified atom stereocenters. The van der Waals surface area contributed by atoms with E-state index in [1.807, 2.05) is 0 Å². The summed E-state index contributed by atoms with van der Waals surface area (Å²) in [6.07, 6.45) is 4.40. The lowest BCUT2D eigenvalue weighted by Gasteiger charge is -2.04. The fraction of sp³-hybridized carbons (Fsp3) is 0.100. The van der Waals surface area contributed by atoms with E-state index in [9.17, 15) is 4.79 Å². The molecule has 0 saturated carbocycles. The first-order valence-electron chi connectivity index (χ1n) is 4.35. The van der Waals surface area contributed by atoms with Gasteiger partial charge in [0.1, 0.15) is 11.4 Å². The Morgan fingerprint density at radius 3 is 3.07 bits per heavy atom. The smallest absolute Gasteiger partial charge is 0.260 e. The van der Waals surface area contributed by atoms with Gasteiger partial charge in [-0.05, 0) is 12.1 Å². The summed E-state index contributed by atoms with van der Waals surface area (Å²) in [7, 11) is 1.53. The van der Waals surface area contributed by atoms with Crippen LogP contribution in [0.15, 0.2) is 35.6 Å². The number of aromatic nitrogens is 3. The Kier molecular flexibility index (Phi) is 2.45. The minimum absolute atomic E-state index is 0.234. The summed E-state index contributed by atoms with van der Waals surface area (Å²) in [4.78, 5) is 21.9. The van der Waals surface area contributed by atoms with Crippen molar-refractivity contribution in [1.29, 1.82) is 0 Å². The van der Waals surface area contributed by atoms with Crippen LogP contribution in [0.25, 0.3) is 11.3 Å². The quantitative estimate of drug-likeness (QED) is 0.785. The third-order valence-electron chi connectivity index (χ3n) is 1.96. The van der Waals surface area contributed by atoms with Gasteiger partial charge in [-0.3, -0.25) is 9.78 Å². The van der Waals surface area contributed by atoms with Crippen LogP contribution < -0.4 is 10.3 Å². The van der Waals surface area contributed by atoms with E-state index in [0.717, 1.165) is 0 Å². The summed E-state index contributed by atoms with van der Waals surface area (Å²) < 4.78 is 5.11. The topological polar surface area (TPSA) is 67.9 Å². The molecular weight excluding hydrogens is 194 g/mol. The molecule has 2 heterocycles. The molecule has 15 heavy (non-hydrogen) atoms. The second-order valence-corrected chi connectivity index (χ2v) is 2.85. The fourth-order valence-corrected chi connectivity index (χ4v) is 1.27. The Balaban J connectivity index is 2.64. The number of pyridine rings is 1. The molecule has 0 amide bonds. The summed E-state index contributed by atoms with van der Waals surface area (Å²) in [6, 6.07) is 3.49. The van der Waals surface area contributed by atoms with E-state index in [1.165, 1.54) is 19.6 Å². The summed E-state index contributed by atoms with van der Waals surface area (Å²) in [5, 5.41) is 0. The molecule has 0 aliphatic rings. The van der Waals surface area contributed by atoms with Crippen LogP contribution in [0.2, 0.25) is 0 Å². The zero-order chi connectivity index (χ0) is 10.7. The molecule has 2 aromatic heterocycles. The number of aromatic amines is 1. The van der Waals surface area contributed by atoms with Gasteiger partial charge in [-0.2, -0.15) is 0 Å². The lowest BCUT2D eigenvalue weighted by molar-refractivity contribution is 0.414. The molecule has 0 spiro atoms. The lowest BCUT2D eigenvalue weighted by atomic mass is 10.2. The van der Waals surface area contributed by atoms with Gasteiger partial charge in [0.05, 0.1) is 19.0 Å². The molecule has 0 atom stereocenters. The van der Waals surface area contributed by atoms with Gasteiger partial charge in [-0.15, -0.1) is 0 Å². The molecule has 76 valence electrons. The SMILES string of the molecule is COc1cccnc1-c1cnc[nH]c1=O. The first kappa shape index (κ1) is 9.39. The van der Waals surface area contributed by atoms with E-state index in [-0.39, 0.29) is 5.56 Å². The summed E-state index contributed by atoms with van der Waals surface area (Å²) in [5.74, 6) is 0.552. The molecule has 2 aromatic rings. The van der Waals surface area contributed by atoms with Crippen LogP contribution in [0.3, 0.4) is 0 Å².